The second-order valence-electron chi connectivity index (χ2n) is 6.78. The van der Waals surface area contributed by atoms with E-state index in [9.17, 15) is 18.8 Å². The third-order valence-electron chi connectivity index (χ3n) is 4.84. The van der Waals surface area contributed by atoms with Crippen LogP contribution >= 0.6 is 33.9 Å². The van der Waals surface area contributed by atoms with Crippen molar-refractivity contribution in [2.75, 3.05) is 4.90 Å². The van der Waals surface area contributed by atoms with Gasteiger partial charge in [-0.1, -0.05) is 6.07 Å². The molecular weight excluding hydrogens is 518 g/mol. The molecule has 1 unspecified atom stereocenters. The van der Waals surface area contributed by atoms with Gasteiger partial charge < -0.3 is 4.90 Å². The van der Waals surface area contributed by atoms with E-state index in [0.717, 1.165) is 13.3 Å². The number of hydrogen-bond donors (Lipinski definition) is 0. The minimum Gasteiger partial charge on any atom is -0.321 e. The lowest BCUT2D eigenvalue weighted by atomic mass is 10.1. The number of carbonyl (C=O) groups is 3. The van der Waals surface area contributed by atoms with Gasteiger partial charge in [0.15, 0.2) is 0 Å². The zero-order chi connectivity index (χ0) is 21.3. The van der Waals surface area contributed by atoms with Crippen LogP contribution in [0.25, 0.3) is 0 Å². The first-order chi connectivity index (χ1) is 14.4. The topological polar surface area (TPSA) is 57.7 Å². The van der Waals surface area contributed by atoms with Crippen molar-refractivity contribution in [3.63, 3.8) is 0 Å². The van der Waals surface area contributed by atoms with Gasteiger partial charge in [-0.05, 0) is 82.6 Å². The minimum absolute atomic E-state index is 0.0941. The molecule has 152 valence electrons. The zero-order valence-electron chi connectivity index (χ0n) is 15.6. The number of nitrogens with zero attached hydrogens (tertiary/aromatic N) is 2. The van der Waals surface area contributed by atoms with E-state index in [1.165, 1.54) is 40.5 Å². The van der Waals surface area contributed by atoms with Crippen molar-refractivity contribution in [3.8, 4) is 0 Å². The van der Waals surface area contributed by atoms with E-state index >= 15 is 0 Å². The molecule has 3 amide bonds. The molecule has 1 fully saturated rings. The van der Waals surface area contributed by atoms with Crippen LogP contribution in [0.1, 0.15) is 21.7 Å². The summed E-state index contributed by atoms with van der Waals surface area (Å²) in [5.41, 5.74) is 0.749. The van der Waals surface area contributed by atoms with E-state index in [1.807, 2.05) is 29.6 Å². The molecule has 30 heavy (non-hydrogen) atoms. The standard InChI is InChI=1S/C22H16FIN2O3S/c23-15-5-3-14(4-6-15)21(28)25(13-18-2-1-11-30-18)19-12-20(27)26(22(19)29)17-9-7-16(24)8-10-17/h1-11,19H,12-13H2. The molecule has 0 aliphatic carbocycles. The molecule has 0 saturated carbocycles. The van der Waals surface area contributed by atoms with E-state index < -0.39 is 23.7 Å². The minimum atomic E-state index is -0.920. The summed E-state index contributed by atoms with van der Waals surface area (Å²) in [6.45, 7) is 0.193. The lowest BCUT2D eigenvalue weighted by molar-refractivity contribution is -0.122. The van der Waals surface area contributed by atoms with E-state index in [-0.39, 0.29) is 24.4 Å². The highest BCUT2D eigenvalue weighted by molar-refractivity contribution is 14.1. The Balaban J connectivity index is 1.67. The first kappa shape index (κ1) is 20.7. The average Bonchev–Trinajstić information content (AvgIpc) is 3.35. The number of carbonyl (C=O) groups excluding carboxylic acids is 3. The predicted octanol–water partition coefficient (Wildman–Crippen LogP) is 4.47. The number of hydrogen-bond acceptors (Lipinski definition) is 4. The fourth-order valence-corrected chi connectivity index (χ4v) is 4.44. The molecule has 1 saturated heterocycles. The third kappa shape index (κ3) is 4.15. The molecule has 2 aromatic carbocycles. The number of anilines is 1. The highest BCUT2D eigenvalue weighted by Crippen LogP contribution is 2.29. The van der Waals surface area contributed by atoms with Crippen LogP contribution in [0.5, 0.6) is 0 Å². The Morgan fingerprint density at radius 1 is 1.10 bits per heavy atom. The molecule has 3 aromatic rings. The van der Waals surface area contributed by atoms with Gasteiger partial charge in [0, 0.05) is 14.0 Å². The lowest BCUT2D eigenvalue weighted by Gasteiger charge is -2.27. The van der Waals surface area contributed by atoms with Crippen molar-refractivity contribution < 1.29 is 18.8 Å². The van der Waals surface area contributed by atoms with Gasteiger partial charge in [0.1, 0.15) is 11.9 Å². The molecule has 8 heteroatoms. The molecule has 1 atom stereocenters. The van der Waals surface area contributed by atoms with Crippen LogP contribution in [0.4, 0.5) is 10.1 Å². The molecule has 2 heterocycles. The summed E-state index contributed by atoms with van der Waals surface area (Å²) in [4.78, 5) is 42.6. The molecule has 0 spiro atoms. The van der Waals surface area contributed by atoms with Crippen LogP contribution in [0.3, 0.4) is 0 Å². The number of amides is 3. The molecule has 5 nitrogen and oxygen atoms in total. The van der Waals surface area contributed by atoms with Gasteiger partial charge in [-0.25, -0.2) is 9.29 Å². The summed E-state index contributed by atoms with van der Waals surface area (Å²) >= 11 is 3.61. The van der Waals surface area contributed by atoms with Crippen LogP contribution in [0.2, 0.25) is 0 Å². The molecular formula is C22H16FIN2O3S. The first-order valence-corrected chi connectivity index (χ1v) is 11.1. The number of halogens is 2. The molecule has 1 aliphatic heterocycles. The monoisotopic (exact) mass is 534 g/mol. The van der Waals surface area contributed by atoms with Gasteiger partial charge in [-0.2, -0.15) is 0 Å². The fraction of sp³-hybridized carbons (Fsp3) is 0.136. The van der Waals surface area contributed by atoms with Crippen LogP contribution in [-0.4, -0.2) is 28.7 Å². The maximum atomic E-state index is 13.3. The highest BCUT2D eigenvalue weighted by atomic mass is 127. The zero-order valence-corrected chi connectivity index (χ0v) is 18.6. The van der Waals surface area contributed by atoms with Crippen LogP contribution in [0, 0.1) is 9.39 Å². The number of imide groups is 1. The van der Waals surface area contributed by atoms with Gasteiger partial charge in [0.05, 0.1) is 18.7 Å². The second-order valence-corrected chi connectivity index (χ2v) is 9.06. The number of thiophene rings is 1. The summed E-state index contributed by atoms with van der Waals surface area (Å²) in [6, 6.07) is 15.1. The Hall–Kier alpha value is -2.59. The summed E-state index contributed by atoms with van der Waals surface area (Å²) in [5, 5.41) is 1.88. The quantitative estimate of drug-likeness (QED) is 0.359. The van der Waals surface area contributed by atoms with E-state index in [2.05, 4.69) is 22.6 Å². The Morgan fingerprint density at radius 2 is 1.80 bits per heavy atom. The summed E-state index contributed by atoms with van der Waals surface area (Å²) in [5.74, 6) is -1.66. The van der Waals surface area contributed by atoms with Crippen molar-refractivity contribution in [1.82, 2.24) is 4.90 Å². The summed E-state index contributed by atoms with van der Waals surface area (Å²) < 4.78 is 14.3. The largest absolute Gasteiger partial charge is 0.321 e. The fourth-order valence-electron chi connectivity index (χ4n) is 3.37. The predicted molar refractivity (Wildman–Crippen MR) is 121 cm³/mol. The number of rotatable bonds is 5. The molecule has 4 rings (SSSR count). The van der Waals surface area contributed by atoms with Gasteiger partial charge in [0.2, 0.25) is 5.91 Å². The SMILES string of the molecule is O=C1CC(N(Cc2cccs2)C(=O)c2ccc(F)cc2)C(=O)N1c1ccc(I)cc1. The van der Waals surface area contributed by atoms with Crippen molar-refractivity contribution >= 4 is 57.3 Å². The van der Waals surface area contributed by atoms with Gasteiger partial charge in [-0.15, -0.1) is 11.3 Å². The van der Waals surface area contributed by atoms with E-state index in [0.29, 0.717) is 5.69 Å². The van der Waals surface area contributed by atoms with Gasteiger partial charge in [0.25, 0.3) is 11.8 Å². The Kier molecular flexibility index (Phi) is 5.96. The maximum absolute atomic E-state index is 13.3. The maximum Gasteiger partial charge on any atom is 0.257 e. The summed E-state index contributed by atoms with van der Waals surface area (Å²) in [6.07, 6.45) is -0.0941. The molecule has 0 N–H and O–H groups in total. The number of benzene rings is 2. The van der Waals surface area contributed by atoms with Crippen LogP contribution < -0.4 is 4.90 Å². The Labute approximate surface area is 190 Å². The highest BCUT2D eigenvalue weighted by Gasteiger charge is 2.44. The third-order valence-corrected chi connectivity index (χ3v) is 6.42. The second kappa shape index (κ2) is 8.65. The normalized spacial score (nSPS) is 16.2. The lowest BCUT2D eigenvalue weighted by Crippen LogP contribution is -2.45. The summed E-state index contributed by atoms with van der Waals surface area (Å²) in [7, 11) is 0. The smallest absolute Gasteiger partial charge is 0.257 e. The molecule has 0 bridgehead atoms. The van der Waals surface area contributed by atoms with Gasteiger partial charge >= 0.3 is 0 Å². The molecule has 1 aliphatic rings. The Bertz CT molecular complexity index is 1080. The van der Waals surface area contributed by atoms with Crippen molar-refractivity contribution in [2.45, 2.75) is 19.0 Å². The van der Waals surface area contributed by atoms with Gasteiger partial charge in [-0.3, -0.25) is 14.4 Å². The van der Waals surface area contributed by atoms with E-state index in [4.69, 9.17) is 0 Å². The molecule has 0 radical (unpaired) electrons. The van der Waals surface area contributed by atoms with Crippen LogP contribution in [-0.2, 0) is 16.1 Å². The van der Waals surface area contributed by atoms with Crippen molar-refractivity contribution in [2.24, 2.45) is 0 Å². The van der Waals surface area contributed by atoms with Crippen molar-refractivity contribution in [1.29, 1.82) is 0 Å². The Morgan fingerprint density at radius 3 is 2.43 bits per heavy atom. The molecule has 1 aromatic heterocycles. The van der Waals surface area contributed by atoms with Crippen LogP contribution in [0.15, 0.2) is 66.0 Å². The first-order valence-electron chi connectivity index (χ1n) is 9.15. The van der Waals surface area contributed by atoms with E-state index in [1.54, 1.807) is 12.1 Å². The van der Waals surface area contributed by atoms with Crippen molar-refractivity contribution in [3.05, 3.63) is 85.9 Å². The average molecular weight is 534 g/mol.